The maximum atomic E-state index is 2.00. The van der Waals surface area contributed by atoms with E-state index in [4.69, 9.17) is 0 Å². The summed E-state index contributed by atoms with van der Waals surface area (Å²) in [4.78, 5) is 2.00. The van der Waals surface area contributed by atoms with E-state index in [-0.39, 0.29) is 34.7 Å². The van der Waals surface area contributed by atoms with Crippen LogP contribution >= 0.6 is 34.7 Å². The molecule has 0 aliphatic carbocycles. The van der Waals surface area contributed by atoms with Crippen LogP contribution in [0.25, 0.3) is 0 Å². The molecule has 0 aromatic rings. The molecule has 0 aliphatic rings. The molecule has 0 heterocycles. The monoisotopic (exact) mass is 165 g/mol. The second kappa shape index (κ2) is 15.8. The van der Waals surface area contributed by atoms with Gasteiger partial charge in [0.1, 0.15) is 0 Å². The van der Waals surface area contributed by atoms with Crippen molar-refractivity contribution in [1.82, 2.24) is 4.90 Å². The van der Waals surface area contributed by atoms with Crippen molar-refractivity contribution in [3.05, 3.63) is 0 Å². The average Bonchev–Trinajstić information content (AvgIpc) is 0.811. The summed E-state index contributed by atoms with van der Waals surface area (Å²) in [5.74, 6) is 0. The number of halogens is 2. The Bertz CT molecular complexity index is 17.7. The van der Waals surface area contributed by atoms with Crippen molar-refractivity contribution in [3.8, 4) is 0 Å². The van der Waals surface area contributed by atoms with Crippen molar-refractivity contribution in [1.29, 1.82) is 0 Å². The van der Waals surface area contributed by atoms with Crippen molar-refractivity contribution in [3.63, 3.8) is 0 Å². The normalized spacial score (nSPS) is 5.14. The highest BCUT2D eigenvalue weighted by molar-refractivity contribution is 6.92. The zero-order valence-electron chi connectivity index (χ0n) is 4.97. The number of rotatable bonds is 0. The molecule has 0 radical (unpaired) electrons. The predicted molar refractivity (Wildman–Crippen MR) is 45.2 cm³/mol. The molecule has 50 valence electrons. The molecular formula is C3H14Cl2NP. The molecule has 0 fully saturated rings. The third-order valence-electron chi connectivity index (χ3n) is 0. The first-order chi connectivity index (χ1) is 1.73. The third-order valence-corrected chi connectivity index (χ3v) is 0. The first-order valence-electron chi connectivity index (χ1n) is 1.34. The molecule has 0 aromatic carbocycles. The van der Waals surface area contributed by atoms with Crippen LogP contribution in [0.3, 0.4) is 0 Å². The maximum Gasteiger partial charge on any atom is -0.0140 e. The molecule has 7 heavy (non-hydrogen) atoms. The Balaban J connectivity index is -0.0000000150. The number of nitrogens with zero attached hydrogens (tertiary/aromatic N) is 1. The zero-order valence-corrected chi connectivity index (χ0v) is 8.02. The van der Waals surface area contributed by atoms with E-state index in [0.29, 0.717) is 0 Å². The van der Waals surface area contributed by atoms with E-state index in [1.807, 2.05) is 26.0 Å². The van der Waals surface area contributed by atoms with E-state index < -0.39 is 0 Å². The molecule has 1 nitrogen and oxygen atoms in total. The van der Waals surface area contributed by atoms with Crippen LogP contribution in [-0.2, 0) is 0 Å². The van der Waals surface area contributed by atoms with Gasteiger partial charge in [-0.05, 0) is 21.1 Å². The Morgan fingerprint density at radius 3 is 0.857 bits per heavy atom. The Morgan fingerprint density at radius 1 is 0.857 bits per heavy atom. The fourth-order valence-electron chi connectivity index (χ4n) is 0. The van der Waals surface area contributed by atoms with Gasteiger partial charge in [-0.3, -0.25) is 0 Å². The molecule has 0 saturated heterocycles. The van der Waals surface area contributed by atoms with Crippen LogP contribution in [0.1, 0.15) is 0 Å². The lowest BCUT2D eigenvalue weighted by atomic mass is 11.0. The molecule has 0 amide bonds. The van der Waals surface area contributed by atoms with Gasteiger partial charge in [0, 0.05) is 0 Å². The van der Waals surface area contributed by atoms with E-state index >= 15 is 0 Å². The summed E-state index contributed by atoms with van der Waals surface area (Å²) < 4.78 is 0. The lowest BCUT2D eigenvalue weighted by molar-refractivity contribution is 0.505. The van der Waals surface area contributed by atoms with Gasteiger partial charge in [0.15, 0.2) is 0 Å². The molecule has 1 unspecified atom stereocenters. The van der Waals surface area contributed by atoms with Crippen molar-refractivity contribution >= 4 is 34.7 Å². The van der Waals surface area contributed by atoms with Crippen LogP contribution in [0.2, 0.25) is 0 Å². The van der Waals surface area contributed by atoms with Crippen LogP contribution in [0, 0.1) is 0 Å². The second-order valence-electron chi connectivity index (χ2n) is 1.34. The minimum atomic E-state index is 0. The van der Waals surface area contributed by atoms with Crippen molar-refractivity contribution in [2.24, 2.45) is 0 Å². The number of hydrogen-bond acceptors (Lipinski definition) is 1. The average molecular weight is 166 g/mol. The van der Waals surface area contributed by atoms with E-state index in [0.717, 1.165) is 0 Å². The van der Waals surface area contributed by atoms with Gasteiger partial charge in [-0.15, -0.1) is 24.8 Å². The zero-order chi connectivity index (χ0) is 3.58. The molecule has 0 aromatic heterocycles. The van der Waals surface area contributed by atoms with Crippen LogP contribution in [0.5, 0.6) is 0 Å². The fourth-order valence-corrected chi connectivity index (χ4v) is 0. The van der Waals surface area contributed by atoms with E-state index in [9.17, 15) is 0 Å². The molecule has 0 aliphatic heterocycles. The SMILES string of the molecule is CN(C)C.Cl.Cl.P. The van der Waals surface area contributed by atoms with Gasteiger partial charge in [-0.2, -0.15) is 9.90 Å². The van der Waals surface area contributed by atoms with Crippen LogP contribution < -0.4 is 0 Å². The molecule has 0 saturated carbocycles. The van der Waals surface area contributed by atoms with Crippen molar-refractivity contribution in [2.45, 2.75) is 0 Å². The van der Waals surface area contributed by atoms with Crippen molar-refractivity contribution in [2.75, 3.05) is 21.1 Å². The van der Waals surface area contributed by atoms with E-state index in [1.54, 1.807) is 0 Å². The van der Waals surface area contributed by atoms with Crippen molar-refractivity contribution < 1.29 is 0 Å². The highest BCUT2D eigenvalue weighted by Gasteiger charge is 1.58. The molecule has 0 bridgehead atoms. The van der Waals surface area contributed by atoms with Gasteiger partial charge < -0.3 is 4.90 Å². The van der Waals surface area contributed by atoms with Gasteiger partial charge in [-0.25, -0.2) is 0 Å². The lowest BCUT2D eigenvalue weighted by Crippen LogP contribution is -1.99. The molecule has 4 heteroatoms. The largest absolute Gasteiger partial charge is 0.312 e. The second-order valence-corrected chi connectivity index (χ2v) is 1.34. The Hall–Kier alpha value is 0.970. The summed E-state index contributed by atoms with van der Waals surface area (Å²) in [5.41, 5.74) is 0. The first kappa shape index (κ1) is 24.6. The smallest absolute Gasteiger partial charge is 0.0140 e. The van der Waals surface area contributed by atoms with Crippen LogP contribution in [0.15, 0.2) is 0 Å². The summed E-state index contributed by atoms with van der Waals surface area (Å²) in [6.45, 7) is 0. The number of hydrogen-bond donors (Lipinski definition) is 0. The van der Waals surface area contributed by atoms with Crippen LogP contribution in [-0.4, -0.2) is 26.0 Å². The topological polar surface area (TPSA) is 3.24 Å². The summed E-state index contributed by atoms with van der Waals surface area (Å²) in [6.07, 6.45) is 0. The minimum absolute atomic E-state index is 0. The van der Waals surface area contributed by atoms with Gasteiger partial charge >= 0.3 is 0 Å². The quantitative estimate of drug-likeness (QED) is 0.486. The molecule has 0 spiro atoms. The fraction of sp³-hybridized carbons (Fsp3) is 1.00. The molecule has 0 rings (SSSR count). The summed E-state index contributed by atoms with van der Waals surface area (Å²) in [7, 11) is 6.00. The van der Waals surface area contributed by atoms with Gasteiger partial charge in [0.05, 0.1) is 0 Å². The Kier molecular flexibility index (Phi) is 55.3. The van der Waals surface area contributed by atoms with Crippen LogP contribution in [0.4, 0.5) is 0 Å². The highest BCUT2D eigenvalue weighted by atomic mass is 35.5. The standard InChI is InChI=1S/C3H9N.2ClH.H3P/c1-4(2)3;;;/h1-3H3;2*1H;1H3. The summed E-state index contributed by atoms with van der Waals surface area (Å²) in [6, 6.07) is 0. The van der Waals surface area contributed by atoms with E-state index in [2.05, 4.69) is 0 Å². The molecular weight excluding hydrogens is 152 g/mol. The predicted octanol–water partition coefficient (Wildman–Crippen LogP) is 1.08. The molecule has 1 atom stereocenters. The first-order valence-corrected chi connectivity index (χ1v) is 1.34. The summed E-state index contributed by atoms with van der Waals surface area (Å²) in [5, 5.41) is 0. The minimum Gasteiger partial charge on any atom is -0.312 e. The van der Waals surface area contributed by atoms with Gasteiger partial charge in [0.25, 0.3) is 0 Å². The summed E-state index contributed by atoms with van der Waals surface area (Å²) >= 11 is 0. The third kappa shape index (κ3) is 183. The van der Waals surface area contributed by atoms with Gasteiger partial charge in [-0.1, -0.05) is 0 Å². The van der Waals surface area contributed by atoms with E-state index in [1.165, 1.54) is 0 Å². The maximum absolute atomic E-state index is 2.00. The molecule has 0 N–H and O–H groups in total. The highest BCUT2D eigenvalue weighted by Crippen LogP contribution is 1.47. The Labute approximate surface area is 61.3 Å². The Morgan fingerprint density at radius 2 is 0.857 bits per heavy atom. The lowest BCUT2D eigenvalue weighted by Gasteiger charge is -1.90. The van der Waals surface area contributed by atoms with Gasteiger partial charge in [0.2, 0.25) is 0 Å².